The molecule has 0 saturated heterocycles. The van der Waals surface area contributed by atoms with Gasteiger partial charge in [0.15, 0.2) is 0 Å². The van der Waals surface area contributed by atoms with Crippen molar-refractivity contribution in [1.82, 2.24) is 0 Å². The molecule has 0 heterocycles. The van der Waals surface area contributed by atoms with Gasteiger partial charge in [-0.2, -0.15) is 22.0 Å². The van der Waals surface area contributed by atoms with Crippen molar-refractivity contribution in [2.45, 2.75) is 51.1 Å². The minimum absolute atomic E-state index is 0.0566. The molecule has 0 aromatic carbocycles. The van der Waals surface area contributed by atoms with Crippen LogP contribution in [0.2, 0.25) is 0 Å². The minimum Gasteiger partial charge on any atom is -0.192 e. The second-order valence-electron chi connectivity index (χ2n) is 3.37. The van der Waals surface area contributed by atoms with Gasteiger partial charge in [0.25, 0.3) is 0 Å². The first-order valence-corrected chi connectivity index (χ1v) is 4.93. The van der Waals surface area contributed by atoms with Gasteiger partial charge in [-0.25, -0.2) is 0 Å². The van der Waals surface area contributed by atoms with Gasteiger partial charge in [0, 0.05) is 0 Å². The van der Waals surface area contributed by atoms with Crippen molar-refractivity contribution in [1.29, 1.82) is 0 Å². The molecule has 0 aliphatic heterocycles. The second-order valence-corrected chi connectivity index (χ2v) is 3.37. The highest BCUT2D eigenvalue weighted by Gasteiger charge is 2.55. The van der Waals surface area contributed by atoms with E-state index in [1.54, 1.807) is 0 Å². The summed E-state index contributed by atoms with van der Waals surface area (Å²) in [5.74, 6) is -4.70. The van der Waals surface area contributed by atoms with Gasteiger partial charge in [-0.3, -0.25) is 0 Å². The van der Waals surface area contributed by atoms with Crippen LogP contribution in [0.15, 0.2) is 12.2 Å². The van der Waals surface area contributed by atoms with Crippen molar-refractivity contribution in [2.75, 3.05) is 0 Å². The molecule has 0 saturated carbocycles. The Morgan fingerprint density at radius 1 is 0.933 bits per heavy atom. The van der Waals surface area contributed by atoms with Crippen molar-refractivity contribution in [3.8, 4) is 0 Å². The smallest absolute Gasteiger partial charge is 0.192 e. The van der Waals surface area contributed by atoms with Crippen LogP contribution in [0.1, 0.15) is 39.0 Å². The largest absolute Gasteiger partial charge is 0.457 e. The molecular formula is C10H15F5. The fraction of sp³-hybridized carbons (Fsp3) is 0.800. The zero-order chi connectivity index (χ0) is 11.9. The van der Waals surface area contributed by atoms with Crippen LogP contribution < -0.4 is 0 Å². The predicted octanol–water partition coefficient (Wildman–Crippen LogP) is 4.71. The summed E-state index contributed by atoms with van der Waals surface area (Å²) >= 11 is 0. The Morgan fingerprint density at radius 2 is 1.53 bits per heavy atom. The highest BCUT2D eigenvalue weighted by Crippen LogP contribution is 2.36. The molecule has 5 heteroatoms. The highest BCUT2D eigenvalue weighted by atomic mass is 19.4. The second kappa shape index (κ2) is 6.08. The van der Waals surface area contributed by atoms with Gasteiger partial charge in [-0.1, -0.05) is 32.3 Å². The molecule has 0 atom stereocenters. The van der Waals surface area contributed by atoms with Gasteiger partial charge >= 0.3 is 12.1 Å². The standard InChI is InChI=1S/C10H15F5/c1-2-3-4-5-6-7-8-9(11,12)10(13,14)15/h7-8H,2-6H2,1H3/b8-7+. The Hall–Kier alpha value is -0.610. The molecule has 0 aliphatic carbocycles. The van der Waals surface area contributed by atoms with Crippen molar-refractivity contribution in [3.63, 3.8) is 0 Å². The Bertz CT molecular complexity index is 192. The van der Waals surface area contributed by atoms with Gasteiger partial charge in [-0.05, 0) is 18.9 Å². The van der Waals surface area contributed by atoms with Gasteiger partial charge < -0.3 is 0 Å². The molecule has 0 unspecified atom stereocenters. The van der Waals surface area contributed by atoms with Gasteiger partial charge in [-0.15, -0.1) is 0 Å². The topological polar surface area (TPSA) is 0 Å². The van der Waals surface area contributed by atoms with Gasteiger partial charge in [0.2, 0.25) is 0 Å². The van der Waals surface area contributed by atoms with Crippen molar-refractivity contribution >= 4 is 0 Å². The summed E-state index contributed by atoms with van der Waals surface area (Å²) in [4.78, 5) is 0. The molecule has 0 rings (SSSR count). The average Bonchev–Trinajstić information content (AvgIpc) is 2.09. The molecule has 0 bridgehead atoms. The molecule has 15 heavy (non-hydrogen) atoms. The summed E-state index contributed by atoms with van der Waals surface area (Å²) in [5, 5.41) is 0. The van der Waals surface area contributed by atoms with E-state index in [0.29, 0.717) is 6.42 Å². The lowest BCUT2D eigenvalue weighted by Gasteiger charge is -2.15. The lowest BCUT2D eigenvalue weighted by Crippen LogP contribution is -2.33. The van der Waals surface area contributed by atoms with Crippen LogP contribution >= 0.6 is 0 Å². The summed E-state index contributed by atoms with van der Waals surface area (Å²) in [5.41, 5.74) is 0. The zero-order valence-electron chi connectivity index (χ0n) is 8.58. The maximum absolute atomic E-state index is 12.3. The molecule has 0 spiro atoms. The molecular weight excluding hydrogens is 215 g/mol. The van der Waals surface area contributed by atoms with E-state index in [1.807, 2.05) is 6.92 Å². The quantitative estimate of drug-likeness (QED) is 0.352. The third-order valence-electron chi connectivity index (χ3n) is 1.93. The first kappa shape index (κ1) is 14.4. The summed E-state index contributed by atoms with van der Waals surface area (Å²) in [6, 6.07) is 0. The zero-order valence-corrected chi connectivity index (χ0v) is 8.58. The monoisotopic (exact) mass is 230 g/mol. The molecule has 0 aromatic rings. The number of hydrogen-bond donors (Lipinski definition) is 0. The predicted molar refractivity (Wildman–Crippen MR) is 48.9 cm³/mol. The Kier molecular flexibility index (Phi) is 5.83. The number of halogens is 5. The van der Waals surface area contributed by atoms with E-state index in [4.69, 9.17) is 0 Å². The molecule has 90 valence electrons. The molecule has 0 N–H and O–H groups in total. The molecule has 0 nitrogen and oxygen atoms in total. The molecule has 0 aromatic heterocycles. The van der Waals surface area contributed by atoms with E-state index in [2.05, 4.69) is 0 Å². The molecule has 0 aliphatic rings. The third-order valence-corrected chi connectivity index (χ3v) is 1.93. The number of hydrogen-bond acceptors (Lipinski definition) is 0. The summed E-state index contributed by atoms with van der Waals surface area (Å²) in [6.45, 7) is 1.99. The number of unbranched alkanes of at least 4 members (excludes halogenated alkanes) is 4. The van der Waals surface area contributed by atoms with E-state index in [1.165, 1.54) is 0 Å². The van der Waals surface area contributed by atoms with Crippen LogP contribution in [0.4, 0.5) is 22.0 Å². The number of rotatable bonds is 6. The third kappa shape index (κ3) is 5.74. The fourth-order valence-electron chi connectivity index (χ4n) is 1.01. The van der Waals surface area contributed by atoms with Crippen LogP contribution in [0.3, 0.4) is 0 Å². The fourth-order valence-corrected chi connectivity index (χ4v) is 1.01. The maximum atomic E-state index is 12.3. The first-order chi connectivity index (χ1) is 6.81. The maximum Gasteiger partial charge on any atom is 0.457 e. The highest BCUT2D eigenvalue weighted by molar-refractivity contribution is 4.99. The van der Waals surface area contributed by atoms with E-state index in [9.17, 15) is 22.0 Å². The molecule has 0 radical (unpaired) electrons. The average molecular weight is 230 g/mol. The van der Waals surface area contributed by atoms with Crippen molar-refractivity contribution < 1.29 is 22.0 Å². The van der Waals surface area contributed by atoms with Gasteiger partial charge in [0.1, 0.15) is 0 Å². The van der Waals surface area contributed by atoms with Crippen molar-refractivity contribution in [2.24, 2.45) is 0 Å². The van der Waals surface area contributed by atoms with E-state index in [-0.39, 0.29) is 12.5 Å². The molecule has 0 fully saturated rings. The Morgan fingerprint density at radius 3 is 2.00 bits per heavy atom. The summed E-state index contributed by atoms with van der Waals surface area (Å²) in [6.07, 6.45) is -0.872. The van der Waals surface area contributed by atoms with Gasteiger partial charge in [0.05, 0.1) is 0 Å². The molecule has 0 amide bonds. The van der Waals surface area contributed by atoms with Crippen LogP contribution in [-0.2, 0) is 0 Å². The summed E-state index contributed by atoms with van der Waals surface area (Å²) < 4.78 is 59.6. The van der Waals surface area contributed by atoms with E-state index >= 15 is 0 Å². The van der Waals surface area contributed by atoms with Crippen LogP contribution in [0, 0.1) is 0 Å². The van der Waals surface area contributed by atoms with E-state index in [0.717, 1.165) is 25.3 Å². The van der Waals surface area contributed by atoms with Crippen LogP contribution in [0.5, 0.6) is 0 Å². The Balaban J connectivity index is 3.85. The Labute approximate surface area is 86.2 Å². The first-order valence-electron chi connectivity index (χ1n) is 4.93. The SMILES string of the molecule is CCCCCC/C=C/C(F)(F)C(F)(F)F. The number of allylic oxidation sites excluding steroid dienone is 2. The normalized spacial score (nSPS) is 13.7. The van der Waals surface area contributed by atoms with Crippen molar-refractivity contribution in [3.05, 3.63) is 12.2 Å². The number of alkyl halides is 5. The minimum atomic E-state index is -5.48. The van der Waals surface area contributed by atoms with E-state index < -0.39 is 12.1 Å². The summed E-state index contributed by atoms with van der Waals surface area (Å²) in [7, 11) is 0. The van der Waals surface area contributed by atoms with Crippen LogP contribution in [-0.4, -0.2) is 12.1 Å². The lowest BCUT2D eigenvalue weighted by molar-refractivity contribution is -0.259. The lowest BCUT2D eigenvalue weighted by atomic mass is 10.1. The van der Waals surface area contributed by atoms with Crippen LogP contribution in [0.25, 0.3) is 0 Å².